The highest BCUT2D eigenvalue weighted by Gasteiger charge is 2.19. The predicted molar refractivity (Wildman–Crippen MR) is 124 cm³/mol. The minimum absolute atomic E-state index is 0.0164. The Hall–Kier alpha value is -2.06. The molecule has 1 saturated carbocycles. The van der Waals surface area contributed by atoms with Crippen LogP contribution in [0.5, 0.6) is 0 Å². The third-order valence-corrected chi connectivity index (χ3v) is 6.89. The molecule has 8 heteroatoms. The van der Waals surface area contributed by atoms with E-state index < -0.39 is 5.97 Å². The first-order valence-corrected chi connectivity index (χ1v) is 12.7. The van der Waals surface area contributed by atoms with Gasteiger partial charge < -0.3 is 20.1 Å². The van der Waals surface area contributed by atoms with Crippen LogP contribution >= 0.6 is 11.8 Å². The number of carbonyl (C=O) groups is 3. The molecule has 1 saturated heterocycles. The summed E-state index contributed by atoms with van der Waals surface area (Å²) in [7, 11) is 0. The van der Waals surface area contributed by atoms with Crippen molar-refractivity contribution in [3.63, 3.8) is 0 Å². The quantitative estimate of drug-likeness (QED) is 0.431. The van der Waals surface area contributed by atoms with Crippen LogP contribution in [-0.4, -0.2) is 55.4 Å². The second-order valence-corrected chi connectivity index (χ2v) is 9.43. The highest BCUT2D eigenvalue weighted by molar-refractivity contribution is 8.00. The van der Waals surface area contributed by atoms with E-state index in [1.54, 1.807) is 18.2 Å². The Morgan fingerprint density at radius 3 is 2.47 bits per heavy atom. The molecule has 0 aromatic heterocycles. The number of ether oxygens (including phenoxy) is 2. The van der Waals surface area contributed by atoms with Crippen molar-refractivity contribution in [1.82, 2.24) is 10.6 Å². The molecule has 176 valence electrons. The molecule has 32 heavy (non-hydrogen) atoms. The van der Waals surface area contributed by atoms with Crippen LogP contribution in [0.4, 0.5) is 0 Å². The van der Waals surface area contributed by atoms with Gasteiger partial charge in [-0.2, -0.15) is 0 Å². The lowest BCUT2D eigenvalue weighted by atomic mass is 9.97. The van der Waals surface area contributed by atoms with Crippen LogP contribution in [0.3, 0.4) is 0 Å². The molecule has 1 heterocycles. The number of hydrogen-bond donors (Lipinski definition) is 2. The Morgan fingerprint density at radius 2 is 1.72 bits per heavy atom. The minimum Gasteiger partial charge on any atom is -0.452 e. The van der Waals surface area contributed by atoms with E-state index in [2.05, 4.69) is 10.6 Å². The van der Waals surface area contributed by atoms with Crippen LogP contribution in [0.15, 0.2) is 29.2 Å². The lowest BCUT2D eigenvalue weighted by Gasteiger charge is -2.21. The van der Waals surface area contributed by atoms with Crippen LogP contribution in [0, 0.1) is 0 Å². The van der Waals surface area contributed by atoms with E-state index in [-0.39, 0.29) is 36.3 Å². The first-order valence-electron chi connectivity index (χ1n) is 11.7. The molecule has 2 aliphatic rings. The predicted octanol–water partition coefficient (Wildman–Crippen LogP) is 3.46. The smallest absolute Gasteiger partial charge is 0.339 e. The Bertz CT molecular complexity index is 759. The molecule has 1 aliphatic carbocycles. The summed E-state index contributed by atoms with van der Waals surface area (Å²) in [6, 6.07) is 7.26. The number of benzene rings is 1. The van der Waals surface area contributed by atoms with E-state index in [9.17, 15) is 14.4 Å². The van der Waals surface area contributed by atoms with Crippen molar-refractivity contribution in [2.45, 2.75) is 74.8 Å². The highest BCUT2D eigenvalue weighted by atomic mass is 32.2. The Labute approximate surface area is 194 Å². The van der Waals surface area contributed by atoms with E-state index in [1.165, 1.54) is 31.0 Å². The number of thioether (sulfide) groups is 1. The van der Waals surface area contributed by atoms with Gasteiger partial charge in [0.1, 0.15) is 0 Å². The van der Waals surface area contributed by atoms with Crippen LogP contribution in [0.25, 0.3) is 0 Å². The molecule has 1 aromatic rings. The molecular weight excluding hydrogens is 428 g/mol. The summed E-state index contributed by atoms with van der Waals surface area (Å²) < 4.78 is 10.7. The minimum atomic E-state index is -0.569. The summed E-state index contributed by atoms with van der Waals surface area (Å²) >= 11 is 1.31. The first-order chi connectivity index (χ1) is 15.6. The van der Waals surface area contributed by atoms with Crippen molar-refractivity contribution in [3.05, 3.63) is 29.8 Å². The first kappa shape index (κ1) is 24.6. The normalized spacial score (nSPS) is 19.6. The summed E-state index contributed by atoms with van der Waals surface area (Å²) in [5, 5.41) is 5.88. The number of amides is 2. The average molecular weight is 463 g/mol. The SMILES string of the molecule is O=C(COC(=O)c1ccccc1SCC(=O)NC1CCCCCCC1)NCC1CCCO1. The van der Waals surface area contributed by atoms with Gasteiger partial charge in [-0.3, -0.25) is 9.59 Å². The standard InChI is InChI=1S/C24H34N2O5S/c27-22(25-15-19-11-8-14-30-19)16-31-24(29)20-12-6-7-13-21(20)32-17-23(28)26-18-9-4-2-1-3-5-10-18/h6-7,12-13,18-19H,1-5,8-11,14-17H2,(H,25,27)(H,26,28). The van der Waals surface area contributed by atoms with Crippen LogP contribution in [0.1, 0.15) is 68.1 Å². The van der Waals surface area contributed by atoms with Crippen LogP contribution < -0.4 is 10.6 Å². The van der Waals surface area contributed by atoms with Gasteiger partial charge in [0.05, 0.1) is 17.4 Å². The maximum atomic E-state index is 12.5. The second kappa shape index (κ2) is 13.5. The van der Waals surface area contributed by atoms with Crippen molar-refractivity contribution >= 4 is 29.5 Å². The molecule has 2 amide bonds. The van der Waals surface area contributed by atoms with Gasteiger partial charge in [0.2, 0.25) is 5.91 Å². The number of hydrogen-bond acceptors (Lipinski definition) is 6. The zero-order valence-corrected chi connectivity index (χ0v) is 19.4. The van der Waals surface area contributed by atoms with Gasteiger partial charge in [-0.25, -0.2) is 4.79 Å². The summed E-state index contributed by atoms with van der Waals surface area (Å²) in [4.78, 5) is 37.6. The largest absolute Gasteiger partial charge is 0.452 e. The van der Waals surface area contributed by atoms with Gasteiger partial charge >= 0.3 is 5.97 Å². The molecule has 0 radical (unpaired) electrons. The molecule has 2 fully saturated rings. The Kier molecular flexibility index (Phi) is 10.4. The van der Waals surface area contributed by atoms with Gasteiger partial charge in [0.15, 0.2) is 6.61 Å². The molecule has 1 unspecified atom stereocenters. The van der Waals surface area contributed by atoms with Crippen LogP contribution in [-0.2, 0) is 19.1 Å². The Morgan fingerprint density at radius 1 is 0.969 bits per heavy atom. The van der Waals surface area contributed by atoms with Gasteiger partial charge in [0, 0.05) is 24.1 Å². The average Bonchev–Trinajstić information content (AvgIpc) is 3.30. The van der Waals surface area contributed by atoms with Crippen molar-refractivity contribution in [3.8, 4) is 0 Å². The fourth-order valence-corrected chi connectivity index (χ4v) is 4.92. The van der Waals surface area contributed by atoms with Crippen molar-refractivity contribution in [1.29, 1.82) is 0 Å². The topological polar surface area (TPSA) is 93.7 Å². The Balaban J connectivity index is 1.43. The lowest BCUT2D eigenvalue weighted by molar-refractivity contribution is -0.124. The second-order valence-electron chi connectivity index (χ2n) is 8.41. The number of esters is 1. The number of rotatable bonds is 9. The van der Waals surface area contributed by atoms with Crippen LogP contribution in [0.2, 0.25) is 0 Å². The summed E-state index contributed by atoms with van der Waals surface area (Å²) in [5.74, 6) is -0.696. The molecular formula is C24H34N2O5S. The van der Waals surface area contributed by atoms with Gasteiger partial charge in [-0.05, 0) is 37.8 Å². The van der Waals surface area contributed by atoms with E-state index >= 15 is 0 Å². The summed E-state index contributed by atoms with van der Waals surface area (Å²) in [6.45, 7) is 0.814. The fourth-order valence-electron chi connectivity index (χ4n) is 4.07. The van der Waals surface area contributed by atoms with Crippen molar-refractivity contribution in [2.24, 2.45) is 0 Å². The maximum Gasteiger partial charge on any atom is 0.339 e. The zero-order valence-electron chi connectivity index (χ0n) is 18.6. The molecule has 1 atom stereocenters. The van der Waals surface area contributed by atoms with E-state index in [4.69, 9.17) is 9.47 Å². The number of nitrogens with one attached hydrogen (secondary N) is 2. The molecule has 0 spiro atoms. The highest BCUT2D eigenvalue weighted by Crippen LogP contribution is 2.24. The van der Waals surface area contributed by atoms with Crippen molar-refractivity contribution < 1.29 is 23.9 Å². The molecule has 2 N–H and O–H groups in total. The van der Waals surface area contributed by atoms with Gasteiger partial charge in [-0.1, -0.05) is 44.2 Å². The molecule has 3 rings (SSSR count). The van der Waals surface area contributed by atoms with Gasteiger partial charge in [-0.15, -0.1) is 11.8 Å². The molecule has 0 bridgehead atoms. The summed E-state index contributed by atoms with van der Waals surface area (Å²) in [5.41, 5.74) is 0.364. The third-order valence-electron chi connectivity index (χ3n) is 5.82. The monoisotopic (exact) mass is 462 g/mol. The molecule has 1 aromatic carbocycles. The van der Waals surface area contributed by atoms with Gasteiger partial charge in [0.25, 0.3) is 5.91 Å². The van der Waals surface area contributed by atoms with E-state index in [0.29, 0.717) is 17.0 Å². The molecule has 1 aliphatic heterocycles. The lowest BCUT2D eigenvalue weighted by Crippen LogP contribution is -2.36. The maximum absolute atomic E-state index is 12.5. The zero-order chi connectivity index (χ0) is 22.6. The van der Waals surface area contributed by atoms with Crippen molar-refractivity contribution in [2.75, 3.05) is 25.5 Å². The number of carbonyl (C=O) groups excluding carboxylic acids is 3. The summed E-state index contributed by atoms with van der Waals surface area (Å²) in [6.07, 6.45) is 10.1. The fraction of sp³-hybridized carbons (Fsp3) is 0.625. The molecule has 7 nitrogen and oxygen atoms in total. The third kappa shape index (κ3) is 8.47. The van der Waals surface area contributed by atoms with E-state index in [1.807, 2.05) is 6.07 Å². The van der Waals surface area contributed by atoms with E-state index in [0.717, 1.165) is 45.1 Å².